The Balaban J connectivity index is 2.24. The Bertz CT molecular complexity index is 627. The summed E-state index contributed by atoms with van der Waals surface area (Å²) in [6.45, 7) is 3.40. The lowest BCUT2D eigenvalue weighted by atomic mass is 10.1. The maximum absolute atomic E-state index is 11.8. The minimum atomic E-state index is -0.00252. The van der Waals surface area contributed by atoms with Gasteiger partial charge in [0.15, 0.2) is 0 Å². The highest BCUT2D eigenvalue weighted by Gasteiger charge is 2.13. The van der Waals surface area contributed by atoms with Crippen molar-refractivity contribution in [1.82, 2.24) is 10.3 Å². The van der Waals surface area contributed by atoms with Crippen molar-refractivity contribution in [1.29, 1.82) is 0 Å². The van der Waals surface area contributed by atoms with Crippen molar-refractivity contribution >= 4 is 22.6 Å². The summed E-state index contributed by atoms with van der Waals surface area (Å²) in [7, 11) is 1.86. The minimum absolute atomic E-state index is 0.00252. The molecule has 0 saturated heterocycles. The van der Waals surface area contributed by atoms with E-state index in [1.54, 1.807) is 0 Å². The molecule has 0 aliphatic rings. The van der Waals surface area contributed by atoms with Gasteiger partial charge < -0.3 is 16.0 Å². The molecular formula is C16H22N4O. The number of carbonyl (C=O) groups is 1. The van der Waals surface area contributed by atoms with Gasteiger partial charge in [0.1, 0.15) is 5.82 Å². The summed E-state index contributed by atoms with van der Waals surface area (Å²) < 4.78 is 0. The highest BCUT2D eigenvalue weighted by atomic mass is 16.2. The number of nitrogens with zero attached hydrogens (tertiary/aromatic N) is 2. The van der Waals surface area contributed by atoms with Gasteiger partial charge in [0.25, 0.3) is 0 Å². The molecule has 5 heteroatoms. The molecular weight excluding hydrogens is 264 g/mol. The number of fused-ring (bicyclic) bond motifs is 1. The predicted molar refractivity (Wildman–Crippen MR) is 86.2 cm³/mol. The molecule has 0 aliphatic carbocycles. The summed E-state index contributed by atoms with van der Waals surface area (Å²) in [5.41, 5.74) is 7.68. The molecule has 3 N–H and O–H groups in total. The average molecular weight is 286 g/mol. The normalized spacial score (nSPS) is 10.6. The number of likely N-dealkylation sites (N-methyl/N-ethyl adjacent to an activating group) is 1. The lowest BCUT2D eigenvalue weighted by molar-refractivity contribution is -0.119. The van der Waals surface area contributed by atoms with Crippen molar-refractivity contribution in [3.8, 4) is 0 Å². The van der Waals surface area contributed by atoms with Gasteiger partial charge in [0, 0.05) is 31.1 Å². The zero-order valence-electron chi connectivity index (χ0n) is 12.6. The number of amides is 1. The van der Waals surface area contributed by atoms with Crippen molar-refractivity contribution in [3.63, 3.8) is 0 Å². The maximum Gasteiger partial charge on any atom is 0.239 e. The first kappa shape index (κ1) is 15.3. The maximum atomic E-state index is 11.8. The Morgan fingerprint density at radius 3 is 2.86 bits per heavy atom. The van der Waals surface area contributed by atoms with Crippen LogP contribution in [0.5, 0.6) is 0 Å². The number of anilines is 1. The third-order valence-corrected chi connectivity index (χ3v) is 3.31. The van der Waals surface area contributed by atoms with Crippen molar-refractivity contribution in [2.75, 3.05) is 25.0 Å². The van der Waals surface area contributed by atoms with E-state index >= 15 is 0 Å². The second-order valence-corrected chi connectivity index (χ2v) is 5.07. The smallest absolute Gasteiger partial charge is 0.239 e. The topological polar surface area (TPSA) is 71.2 Å². The van der Waals surface area contributed by atoms with Gasteiger partial charge in [-0.3, -0.25) is 4.79 Å². The summed E-state index contributed by atoms with van der Waals surface area (Å²) in [6, 6.07) is 9.95. The molecule has 0 aliphatic heterocycles. The summed E-state index contributed by atoms with van der Waals surface area (Å²) >= 11 is 0. The van der Waals surface area contributed by atoms with Gasteiger partial charge >= 0.3 is 0 Å². The van der Waals surface area contributed by atoms with E-state index < -0.39 is 0 Å². The molecule has 2 rings (SSSR count). The molecule has 0 spiro atoms. The minimum Gasteiger partial charge on any atom is -0.355 e. The van der Waals surface area contributed by atoms with Crippen LogP contribution in [-0.4, -0.2) is 31.0 Å². The average Bonchev–Trinajstić information content (AvgIpc) is 2.51. The van der Waals surface area contributed by atoms with Crippen molar-refractivity contribution < 1.29 is 4.79 Å². The fourth-order valence-electron chi connectivity index (χ4n) is 2.24. The number of para-hydroxylation sites is 1. The van der Waals surface area contributed by atoms with Crippen LogP contribution in [0.15, 0.2) is 30.3 Å². The molecule has 2 aromatic rings. The zero-order chi connectivity index (χ0) is 15.2. The number of benzene rings is 1. The van der Waals surface area contributed by atoms with Crippen LogP contribution in [0.4, 0.5) is 5.82 Å². The molecule has 5 nitrogen and oxygen atoms in total. The van der Waals surface area contributed by atoms with E-state index in [9.17, 15) is 4.79 Å². The first-order chi connectivity index (χ1) is 10.2. The SMILES string of the molecule is CCCNC(=O)CN(C)c1nc2ccccc2cc1CN. The van der Waals surface area contributed by atoms with E-state index in [0.717, 1.165) is 28.7 Å². The van der Waals surface area contributed by atoms with Crippen LogP contribution in [0.3, 0.4) is 0 Å². The molecule has 1 aromatic carbocycles. The lowest BCUT2D eigenvalue weighted by Gasteiger charge is -2.21. The van der Waals surface area contributed by atoms with Crippen LogP contribution in [0.25, 0.3) is 10.9 Å². The van der Waals surface area contributed by atoms with Gasteiger partial charge in [-0.2, -0.15) is 0 Å². The number of carbonyl (C=O) groups excluding carboxylic acids is 1. The van der Waals surface area contributed by atoms with Gasteiger partial charge in [0.05, 0.1) is 12.1 Å². The molecule has 1 heterocycles. The highest BCUT2D eigenvalue weighted by molar-refractivity contribution is 5.84. The molecule has 0 bridgehead atoms. The number of aromatic nitrogens is 1. The van der Waals surface area contributed by atoms with Crippen molar-refractivity contribution in [2.24, 2.45) is 5.73 Å². The van der Waals surface area contributed by atoms with Crippen LogP contribution in [-0.2, 0) is 11.3 Å². The van der Waals surface area contributed by atoms with Gasteiger partial charge in [-0.1, -0.05) is 25.1 Å². The van der Waals surface area contributed by atoms with Gasteiger partial charge in [-0.15, -0.1) is 0 Å². The fourth-order valence-corrected chi connectivity index (χ4v) is 2.24. The second kappa shape index (κ2) is 7.04. The fraction of sp³-hybridized carbons (Fsp3) is 0.375. The Hall–Kier alpha value is -2.14. The van der Waals surface area contributed by atoms with Crippen LogP contribution >= 0.6 is 0 Å². The van der Waals surface area contributed by atoms with Crippen molar-refractivity contribution in [2.45, 2.75) is 19.9 Å². The summed E-state index contributed by atoms with van der Waals surface area (Å²) in [5, 5.41) is 3.93. The number of pyridine rings is 1. The summed E-state index contributed by atoms with van der Waals surface area (Å²) in [5.74, 6) is 0.764. The molecule has 0 saturated carbocycles. The number of nitrogens with two attached hydrogens (primary N) is 1. The molecule has 0 atom stereocenters. The Labute approximate surface area is 125 Å². The van der Waals surface area contributed by atoms with Gasteiger partial charge in [-0.05, 0) is 18.6 Å². The van der Waals surface area contributed by atoms with E-state index in [0.29, 0.717) is 13.1 Å². The lowest BCUT2D eigenvalue weighted by Crippen LogP contribution is -2.36. The van der Waals surface area contributed by atoms with Crippen LogP contribution in [0.1, 0.15) is 18.9 Å². The largest absolute Gasteiger partial charge is 0.355 e. The summed E-state index contributed by atoms with van der Waals surface area (Å²) in [4.78, 5) is 18.3. The third kappa shape index (κ3) is 3.70. The monoisotopic (exact) mass is 286 g/mol. The quantitative estimate of drug-likeness (QED) is 0.847. The Kier molecular flexibility index (Phi) is 5.11. The molecule has 0 radical (unpaired) electrons. The Morgan fingerprint density at radius 1 is 1.38 bits per heavy atom. The first-order valence-electron chi connectivity index (χ1n) is 7.22. The predicted octanol–water partition coefficient (Wildman–Crippen LogP) is 1.66. The van der Waals surface area contributed by atoms with Crippen LogP contribution < -0.4 is 16.0 Å². The molecule has 21 heavy (non-hydrogen) atoms. The Morgan fingerprint density at radius 2 is 2.14 bits per heavy atom. The second-order valence-electron chi connectivity index (χ2n) is 5.07. The zero-order valence-corrected chi connectivity index (χ0v) is 12.6. The highest BCUT2D eigenvalue weighted by Crippen LogP contribution is 2.22. The van der Waals surface area contributed by atoms with Gasteiger partial charge in [-0.25, -0.2) is 4.98 Å². The molecule has 1 amide bonds. The van der Waals surface area contributed by atoms with E-state index in [1.165, 1.54) is 0 Å². The number of nitrogens with one attached hydrogen (secondary N) is 1. The number of hydrogen-bond acceptors (Lipinski definition) is 4. The third-order valence-electron chi connectivity index (χ3n) is 3.31. The summed E-state index contributed by atoms with van der Waals surface area (Å²) in [6.07, 6.45) is 0.928. The van der Waals surface area contributed by atoms with Crippen LogP contribution in [0.2, 0.25) is 0 Å². The first-order valence-corrected chi connectivity index (χ1v) is 7.22. The molecule has 1 aromatic heterocycles. The van der Waals surface area contributed by atoms with Crippen molar-refractivity contribution in [3.05, 3.63) is 35.9 Å². The van der Waals surface area contributed by atoms with E-state index in [4.69, 9.17) is 5.73 Å². The number of rotatable bonds is 6. The van der Waals surface area contributed by atoms with Crippen LogP contribution in [0, 0.1) is 0 Å². The standard InChI is InChI=1S/C16H22N4O/c1-3-8-18-15(21)11-20(2)16-13(10-17)9-12-6-4-5-7-14(12)19-16/h4-7,9H,3,8,10-11,17H2,1-2H3,(H,18,21). The molecule has 0 fully saturated rings. The molecule has 0 unspecified atom stereocenters. The van der Waals surface area contributed by atoms with E-state index in [-0.39, 0.29) is 12.5 Å². The van der Waals surface area contributed by atoms with Gasteiger partial charge in [0.2, 0.25) is 5.91 Å². The molecule has 112 valence electrons. The number of hydrogen-bond donors (Lipinski definition) is 2. The van der Waals surface area contributed by atoms with E-state index in [2.05, 4.69) is 10.3 Å². The van der Waals surface area contributed by atoms with E-state index in [1.807, 2.05) is 49.2 Å².